The van der Waals surface area contributed by atoms with Crippen LogP contribution in [0.3, 0.4) is 0 Å². The first kappa shape index (κ1) is 17.9. The number of carbonyl (C=O) groups excluding carboxylic acids is 3. The highest BCUT2D eigenvalue weighted by Crippen LogP contribution is 2.28. The van der Waals surface area contributed by atoms with Crippen LogP contribution >= 0.6 is 0 Å². The molecule has 0 spiro atoms. The number of hydrogen-bond donors (Lipinski definition) is 2. The second-order valence-electron chi connectivity index (χ2n) is 6.45. The van der Waals surface area contributed by atoms with Gasteiger partial charge in [-0.3, -0.25) is 9.59 Å². The van der Waals surface area contributed by atoms with E-state index in [-0.39, 0.29) is 24.2 Å². The summed E-state index contributed by atoms with van der Waals surface area (Å²) in [7, 11) is 1.31. The van der Waals surface area contributed by atoms with E-state index in [1.807, 2.05) is 24.3 Å². The summed E-state index contributed by atoms with van der Waals surface area (Å²) in [6.45, 7) is 0.477. The maximum absolute atomic E-state index is 12.2. The zero-order valence-corrected chi connectivity index (χ0v) is 14.7. The van der Waals surface area contributed by atoms with Gasteiger partial charge in [0.05, 0.1) is 18.4 Å². The first-order chi connectivity index (χ1) is 12.6. The van der Waals surface area contributed by atoms with Crippen LogP contribution in [0.1, 0.15) is 36.0 Å². The molecule has 1 aliphatic rings. The van der Waals surface area contributed by atoms with Crippen molar-refractivity contribution in [2.75, 3.05) is 19.0 Å². The molecule has 1 fully saturated rings. The number of amides is 2. The Morgan fingerprint density at radius 2 is 1.81 bits per heavy atom. The van der Waals surface area contributed by atoms with Crippen LogP contribution in [0.4, 0.5) is 5.69 Å². The lowest BCUT2D eigenvalue weighted by atomic mass is 10.0. The van der Waals surface area contributed by atoms with Crippen LogP contribution in [0.2, 0.25) is 0 Å². The van der Waals surface area contributed by atoms with Crippen molar-refractivity contribution in [1.29, 1.82) is 0 Å². The van der Waals surface area contributed by atoms with Gasteiger partial charge in [0.15, 0.2) is 0 Å². The van der Waals surface area contributed by atoms with Crippen molar-refractivity contribution in [1.82, 2.24) is 5.32 Å². The number of benzene rings is 2. The summed E-state index contributed by atoms with van der Waals surface area (Å²) in [6, 6.07) is 11.1. The topological polar surface area (TPSA) is 84.5 Å². The van der Waals surface area contributed by atoms with E-state index in [1.54, 1.807) is 12.1 Å². The second kappa shape index (κ2) is 7.99. The molecule has 1 saturated carbocycles. The van der Waals surface area contributed by atoms with Crippen molar-refractivity contribution in [2.24, 2.45) is 5.92 Å². The molecule has 2 amide bonds. The fourth-order valence-corrected chi connectivity index (χ4v) is 2.79. The van der Waals surface area contributed by atoms with Crippen molar-refractivity contribution < 1.29 is 19.1 Å². The minimum absolute atomic E-state index is 0.0768. The normalized spacial score (nSPS) is 13.3. The number of rotatable bonds is 7. The molecular formula is C20H22N2O4. The smallest absolute Gasteiger partial charge is 0.339 e. The summed E-state index contributed by atoms with van der Waals surface area (Å²) >= 11 is 0. The molecule has 136 valence electrons. The van der Waals surface area contributed by atoms with Crippen LogP contribution in [0.15, 0.2) is 36.4 Å². The molecule has 6 nitrogen and oxygen atoms in total. The second-order valence-corrected chi connectivity index (χ2v) is 6.45. The number of esters is 1. The Morgan fingerprint density at radius 1 is 1.12 bits per heavy atom. The number of carbonyl (C=O) groups is 3. The van der Waals surface area contributed by atoms with Gasteiger partial charge in [-0.15, -0.1) is 0 Å². The molecule has 0 aliphatic heterocycles. The average Bonchev–Trinajstić information content (AvgIpc) is 3.49. The van der Waals surface area contributed by atoms with Crippen LogP contribution in [-0.4, -0.2) is 31.4 Å². The summed E-state index contributed by atoms with van der Waals surface area (Å²) in [5.41, 5.74) is 0.754. The maximum Gasteiger partial charge on any atom is 0.339 e. The van der Waals surface area contributed by atoms with E-state index in [0.717, 1.165) is 23.6 Å². The number of hydrogen-bond acceptors (Lipinski definition) is 4. The van der Waals surface area contributed by atoms with Gasteiger partial charge in [-0.2, -0.15) is 0 Å². The van der Waals surface area contributed by atoms with E-state index in [9.17, 15) is 14.4 Å². The van der Waals surface area contributed by atoms with Crippen LogP contribution in [0.5, 0.6) is 0 Å². The van der Waals surface area contributed by atoms with Gasteiger partial charge in [-0.25, -0.2) is 4.79 Å². The minimum Gasteiger partial charge on any atom is -0.465 e. The lowest BCUT2D eigenvalue weighted by molar-refractivity contribution is -0.122. The first-order valence-electron chi connectivity index (χ1n) is 8.77. The molecule has 0 saturated heterocycles. The van der Waals surface area contributed by atoms with Gasteiger partial charge < -0.3 is 15.4 Å². The quantitative estimate of drug-likeness (QED) is 0.591. The Kier molecular flexibility index (Phi) is 5.51. The summed E-state index contributed by atoms with van der Waals surface area (Å²) in [6.07, 6.45) is 2.74. The monoisotopic (exact) mass is 354 g/mol. The zero-order valence-electron chi connectivity index (χ0n) is 14.7. The van der Waals surface area contributed by atoms with E-state index in [2.05, 4.69) is 10.6 Å². The Hall–Kier alpha value is -2.89. The summed E-state index contributed by atoms with van der Waals surface area (Å²) in [5.74, 6) is -0.453. The number of fused-ring (bicyclic) bond motifs is 1. The lowest BCUT2D eigenvalue weighted by Gasteiger charge is -2.12. The van der Waals surface area contributed by atoms with Gasteiger partial charge in [0.2, 0.25) is 11.8 Å². The number of ether oxygens (including phenoxy) is 1. The van der Waals surface area contributed by atoms with Gasteiger partial charge in [-0.1, -0.05) is 24.3 Å². The lowest BCUT2D eigenvalue weighted by Crippen LogP contribution is -2.26. The molecule has 6 heteroatoms. The Labute approximate surface area is 151 Å². The van der Waals surface area contributed by atoms with E-state index >= 15 is 0 Å². The van der Waals surface area contributed by atoms with E-state index < -0.39 is 5.97 Å². The molecule has 1 aliphatic carbocycles. The highest BCUT2D eigenvalue weighted by molar-refractivity contribution is 6.05. The third kappa shape index (κ3) is 4.39. The molecule has 0 aromatic heterocycles. The molecule has 2 aromatic carbocycles. The van der Waals surface area contributed by atoms with Crippen LogP contribution in [0, 0.1) is 5.92 Å². The summed E-state index contributed by atoms with van der Waals surface area (Å²) < 4.78 is 4.82. The molecule has 3 rings (SSSR count). The predicted molar refractivity (Wildman–Crippen MR) is 98.9 cm³/mol. The van der Waals surface area contributed by atoms with E-state index in [4.69, 9.17) is 4.74 Å². The maximum atomic E-state index is 12.2. The van der Waals surface area contributed by atoms with Crippen molar-refractivity contribution >= 4 is 34.2 Å². The van der Waals surface area contributed by atoms with Crippen molar-refractivity contribution in [3.05, 3.63) is 42.0 Å². The largest absolute Gasteiger partial charge is 0.465 e. The van der Waals surface area contributed by atoms with Crippen LogP contribution < -0.4 is 10.6 Å². The zero-order chi connectivity index (χ0) is 18.5. The molecular weight excluding hydrogens is 332 g/mol. The van der Waals surface area contributed by atoms with Gasteiger partial charge in [-0.05, 0) is 42.2 Å². The molecule has 0 radical (unpaired) electrons. The Bertz CT molecular complexity index is 843. The molecule has 0 atom stereocenters. The van der Waals surface area contributed by atoms with Gasteiger partial charge in [0.25, 0.3) is 0 Å². The van der Waals surface area contributed by atoms with Crippen LogP contribution in [0.25, 0.3) is 10.8 Å². The predicted octanol–water partition coefficient (Wildman–Crippen LogP) is 2.87. The van der Waals surface area contributed by atoms with Gasteiger partial charge in [0.1, 0.15) is 0 Å². The van der Waals surface area contributed by atoms with Crippen molar-refractivity contribution in [3.8, 4) is 0 Å². The average molecular weight is 354 g/mol. The Morgan fingerprint density at radius 3 is 2.46 bits per heavy atom. The molecule has 2 N–H and O–H groups in total. The SMILES string of the molecule is COC(=O)c1cc2ccccc2cc1NC(=O)CCCNC(=O)C1CC1. The third-order valence-electron chi connectivity index (χ3n) is 4.39. The highest BCUT2D eigenvalue weighted by atomic mass is 16.5. The molecule has 2 aromatic rings. The fraction of sp³-hybridized carbons (Fsp3) is 0.350. The number of nitrogens with one attached hydrogen (secondary N) is 2. The molecule has 0 unspecified atom stereocenters. The van der Waals surface area contributed by atoms with E-state index in [1.165, 1.54) is 7.11 Å². The first-order valence-corrected chi connectivity index (χ1v) is 8.77. The number of anilines is 1. The third-order valence-corrected chi connectivity index (χ3v) is 4.39. The van der Waals surface area contributed by atoms with Crippen molar-refractivity contribution in [3.63, 3.8) is 0 Å². The number of methoxy groups -OCH3 is 1. The fourth-order valence-electron chi connectivity index (χ4n) is 2.79. The van der Waals surface area contributed by atoms with Gasteiger partial charge in [0, 0.05) is 18.9 Å². The molecule has 26 heavy (non-hydrogen) atoms. The van der Waals surface area contributed by atoms with Crippen LogP contribution in [-0.2, 0) is 14.3 Å². The Balaban J connectivity index is 1.63. The highest BCUT2D eigenvalue weighted by Gasteiger charge is 2.29. The van der Waals surface area contributed by atoms with Gasteiger partial charge >= 0.3 is 5.97 Å². The molecule has 0 heterocycles. The molecule has 0 bridgehead atoms. The van der Waals surface area contributed by atoms with Crippen molar-refractivity contribution in [2.45, 2.75) is 25.7 Å². The standard InChI is InChI=1S/C20H22N2O4/c1-26-20(25)16-11-14-5-2-3-6-15(14)12-17(16)22-18(23)7-4-10-21-19(24)13-8-9-13/h2-3,5-6,11-13H,4,7-10H2,1H3,(H,21,24)(H,22,23). The minimum atomic E-state index is -0.497. The summed E-state index contributed by atoms with van der Waals surface area (Å²) in [4.78, 5) is 35.8. The van der Waals surface area contributed by atoms with E-state index in [0.29, 0.717) is 24.2 Å². The summed E-state index contributed by atoms with van der Waals surface area (Å²) in [5, 5.41) is 7.44.